The van der Waals surface area contributed by atoms with Crippen LogP contribution in [0.5, 0.6) is 0 Å². The number of benzene rings is 1. The summed E-state index contributed by atoms with van der Waals surface area (Å²) in [4.78, 5) is 0.269. The molecule has 1 atom stereocenters. The Morgan fingerprint density at radius 2 is 2.00 bits per heavy atom. The summed E-state index contributed by atoms with van der Waals surface area (Å²) in [6.45, 7) is 0.544. The first-order valence-electron chi connectivity index (χ1n) is 7.04. The molecule has 1 fully saturated rings. The molecule has 0 radical (unpaired) electrons. The van der Waals surface area contributed by atoms with Gasteiger partial charge in [0, 0.05) is 25.4 Å². The minimum atomic E-state index is -3.41. The van der Waals surface area contributed by atoms with Gasteiger partial charge < -0.3 is 15.2 Å². The molecule has 1 unspecified atom stereocenters. The number of sulfonamides is 1. The van der Waals surface area contributed by atoms with Gasteiger partial charge in [0.1, 0.15) is 0 Å². The number of methoxy groups -OCH3 is 1. The van der Waals surface area contributed by atoms with Crippen LogP contribution in [0.25, 0.3) is 0 Å². The minimum Gasteiger partial charge on any atom is -0.396 e. The summed E-state index contributed by atoms with van der Waals surface area (Å²) >= 11 is 0. The zero-order chi connectivity index (χ0) is 15.3. The average molecular weight is 314 g/mol. The molecule has 118 valence electrons. The smallest absolute Gasteiger partial charge is 0.240 e. The number of aliphatic hydroxyl groups excluding tert-OH is 1. The Labute approximate surface area is 125 Å². The van der Waals surface area contributed by atoms with E-state index in [9.17, 15) is 8.42 Å². The van der Waals surface area contributed by atoms with Gasteiger partial charge in [-0.25, -0.2) is 13.1 Å². The molecule has 1 aromatic carbocycles. The van der Waals surface area contributed by atoms with E-state index in [2.05, 4.69) is 10.0 Å². The third kappa shape index (κ3) is 4.96. The van der Waals surface area contributed by atoms with Gasteiger partial charge in [-0.3, -0.25) is 0 Å². The van der Waals surface area contributed by atoms with E-state index >= 15 is 0 Å². The Kier molecular flexibility index (Phi) is 5.58. The van der Waals surface area contributed by atoms with Gasteiger partial charge in [0.15, 0.2) is 0 Å². The number of ether oxygens (including phenoxy) is 1. The lowest BCUT2D eigenvalue weighted by molar-refractivity contribution is 0.170. The number of aliphatic hydroxyl groups is 1. The van der Waals surface area contributed by atoms with Crippen molar-refractivity contribution < 1.29 is 18.3 Å². The normalized spacial score (nSPS) is 16.7. The third-order valence-electron chi connectivity index (χ3n) is 3.28. The van der Waals surface area contributed by atoms with Crippen LogP contribution in [0.1, 0.15) is 19.3 Å². The maximum Gasteiger partial charge on any atom is 0.240 e. The van der Waals surface area contributed by atoms with Crippen LogP contribution in [0.2, 0.25) is 0 Å². The van der Waals surface area contributed by atoms with Crippen LogP contribution in [-0.4, -0.2) is 45.9 Å². The average Bonchev–Trinajstić information content (AvgIpc) is 3.23. The van der Waals surface area contributed by atoms with E-state index < -0.39 is 10.0 Å². The molecule has 0 saturated heterocycles. The Balaban J connectivity index is 2.00. The lowest BCUT2D eigenvalue weighted by Gasteiger charge is -2.18. The lowest BCUT2D eigenvalue weighted by atomic mass is 10.2. The van der Waals surface area contributed by atoms with Crippen LogP contribution in [0.4, 0.5) is 5.69 Å². The van der Waals surface area contributed by atoms with Gasteiger partial charge in [0.2, 0.25) is 10.0 Å². The van der Waals surface area contributed by atoms with Crippen LogP contribution >= 0.6 is 0 Å². The van der Waals surface area contributed by atoms with E-state index in [4.69, 9.17) is 9.84 Å². The van der Waals surface area contributed by atoms with Crippen molar-refractivity contribution in [1.82, 2.24) is 4.72 Å². The first-order valence-corrected chi connectivity index (χ1v) is 8.52. The van der Waals surface area contributed by atoms with Gasteiger partial charge in [-0.15, -0.1) is 0 Å². The van der Waals surface area contributed by atoms with Gasteiger partial charge >= 0.3 is 0 Å². The van der Waals surface area contributed by atoms with Crippen molar-refractivity contribution in [3.8, 4) is 0 Å². The fourth-order valence-corrected chi connectivity index (χ4v) is 3.31. The number of anilines is 1. The molecule has 2 rings (SSSR count). The Hall–Kier alpha value is -1.15. The molecule has 1 aliphatic rings. The first kappa shape index (κ1) is 16.2. The molecular formula is C14H22N2O4S. The van der Waals surface area contributed by atoms with Crippen LogP contribution in [0.15, 0.2) is 29.2 Å². The summed E-state index contributed by atoms with van der Waals surface area (Å²) in [6.07, 6.45) is 2.40. The van der Waals surface area contributed by atoms with Gasteiger partial charge in [-0.05, 0) is 43.5 Å². The molecule has 1 saturated carbocycles. The molecule has 1 aromatic rings. The SMILES string of the molecule is COCC(CCO)Nc1ccc(S(=O)(=O)NC2CC2)cc1. The maximum absolute atomic E-state index is 12.0. The Bertz CT molecular complexity index is 535. The van der Waals surface area contributed by atoms with E-state index in [1.54, 1.807) is 31.4 Å². The van der Waals surface area contributed by atoms with Crippen molar-refractivity contribution in [2.75, 3.05) is 25.6 Å². The monoisotopic (exact) mass is 314 g/mol. The van der Waals surface area contributed by atoms with Crippen molar-refractivity contribution in [3.05, 3.63) is 24.3 Å². The second-order valence-corrected chi connectivity index (χ2v) is 6.94. The highest BCUT2D eigenvalue weighted by Gasteiger charge is 2.27. The quantitative estimate of drug-likeness (QED) is 0.631. The molecule has 0 amide bonds. The van der Waals surface area contributed by atoms with Crippen molar-refractivity contribution in [3.63, 3.8) is 0 Å². The highest BCUT2D eigenvalue weighted by molar-refractivity contribution is 7.89. The van der Waals surface area contributed by atoms with E-state index in [1.807, 2.05) is 0 Å². The van der Waals surface area contributed by atoms with Gasteiger partial charge in [-0.2, -0.15) is 0 Å². The second kappa shape index (κ2) is 7.22. The summed E-state index contributed by atoms with van der Waals surface area (Å²) < 4.78 is 31.8. The lowest BCUT2D eigenvalue weighted by Crippen LogP contribution is -2.27. The summed E-state index contributed by atoms with van der Waals surface area (Å²) in [7, 11) is -1.80. The summed E-state index contributed by atoms with van der Waals surface area (Å²) in [5, 5.41) is 12.2. The van der Waals surface area contributed by atoms with E-state index in [0.29, 0.717) is 13.0 Å². The number of hydrogen-bond donors (Lipinski definition) is 3. The van der Waals surface area contributed by atoms with E-state index in [-0.39, 0.29) is 23.6 Å². The molecule has 6 nitrogen and oxygen atoms in total. The fourth-order valence-electron chi connectivity index (χ4n) is 2.01. The fraction of sp³-hybridized carbons (Fsp3) is 0.571. The van der Waals surface area contributed by atoms with Crippen LogP contribution < -0.4 is 10.0 Å². The van der Waals surface area contributed by atoms with Crippen molar-refractivity contribution in [2.24, 2.45) is 0 Å². The molecule has 0 heterocycles. The number of nitrogens with one attached hydrogen (secondary N) is 2. The van der Waals surface area contributed by atoms with Gasteiger partial charge in [0.25, 0.3) is 0 Å². The second-order valence-electron chi connectivity index (χ2n) is 5.23. The predicted octanol–water partition coefficient (Wildman–Crippen LogP) is 0.937. The topological polar surface area (TPSA) is 87.7 Å². The summed E-state index contributed by atoms with van der Waals surface area (Å²) in [6, 6.07) is 6.70. The van der Waals surface area contributed by atoms with Crippen molar-refractivity contribution in [1.29, 1.82) is 0 Å². The Morgan fingerprint density at radius 3 is 2.52 bits per heavy atom. The van der Waals surface area contributed by atoms with Gasteiger partial charge in [-0.1, -0.05) is 0 Å². The zero-order valence-electron chi connectivity index (χ0n) is 12.1. The molecular weight excluding hydrogens is 292 g/mol. The molecule has 0 aliphatic heterocycles. The van der Waals surface area contributed by atoms with Crippen LogP contribution in [0.3, 0.4) is 0 Å². The van der Waals surface area contributed by atoms with E-state index in [1.165, 1.54) is 0 Å². The zero-order valence-corrected chi connectivity index (χ0v) is 12.9. The largest absolute Gasteiger partial charge is 0.396 e. The highest BCUT2D eigenvalue weighted by Crippen LogP contribution is 2.23. The van der Waals surface area contributed by atoms with E-state index in [0.717, 1.165) is 18.5 Å². The van der Waals surface area contributed by atoms with Crippen molar-refractivity contribution in [2.45, 2.75) is 36.2 Å². The standard InChI is InChI=1S/C14H22N2O4S/c1-20-10-13(8-9-17)15-11-4-6-14(7-5-11)21(18,19)16-12-2-3-12/h4-7,12-13,15-17H,2-3,8-10H2,1H3. The van der Waals surface area contributed by atoms with Gasteiger partial charge in [0.05, 0.1) is 17.5 Å². The molecule has 1 aliphatic carbocycles. The maximum atomic E-state index is 12.0. The first-order chi connectivity index (χ1) is 10.0. The van der Waals surface area contributed by atoms with Crippen LogP contribution in [-0.2, 0) is 14.8 Å². The highest BCUT2D eigenvalue weighted by atomic mass is 32.2. The molecule has 7 heteroatoms. The predicted molar refractivity (Wildman–Crippen MR) is 80.8 cm³/mol. The molecule has 0 aromatic heterocycles. The minimum absolute atomic E-state index is 0.00736. The molecule has 0 spiro atoms. The van der Waals surface area contributed by atoms with Crippen molar-refractivity contribution >= 4 is 15.7 Å². The number of rotatable bonds is 9. The summed E-state index contributed by atoms with van der Waals surface area (Å²) in [5.41, 5.74) is 0.802. The molecule has 0 bridgehead atoms. The molecule has 21 heavy (non-hydrogen) atoms. The summed E-state index contributed by atoms with van der Waals surface area (Å²) in [5.74, 6) is 0. The third-order valence-corrected chi connectivity index (χ3v) is 4.82. The Morgan fingerprint density at radius 1 is 1.33 bits per heavy atom. The van der Waals surface area contributed by atoms with Crippen LogP contribution in [0, 0.1) is 0 Å². The molecule has 3 N–H and O–H groups in total. The number of hydrogen-bond acceptors (Lipinski definition) is 5.